The topological polar surface area (TPSA) is 76.7 Å². The molecule has 0 fully saturated rings. The summed E-state index contributed by atoms with van der Waals surface area (Å²) in [5, 5.41) is 5.65. The average Bonchev–Trinajstić information content (AvgIpc) is 2.69. The van der Waals surface area contributed by atoms with Crippen molar-refractivity contribution in [1.82, 2.24) is 10.6 Å². The maximum atomic E-state index is 12.5. The monoisotopic (exact) mass is 384 g/mol. The van der Waals surface area contributed by atoms with Crippen LogP contribution in [0.3, 0.4) is 0 Å². The van der Waals surface area contributed by atoms with Crippen molar-refractivity contribution in [2.45, 2.75) is 26.8 Å². The molecule has 0 aliphatic heterocycles. The number of amides is 2. The van der Waals surface area contributed by atoms with Gasteiger partial charge in [-0.25, -0.2) is 0 Å². The van der Waals surface area contributed by atoms with Crippen LogP contribution in [0.15, 0.2) is 48.5 Å². The first-order chi connectivity index (χ1) is 13.4. The Morgan fingerprint density at radius 3 is 2.32 bits per heavy atom. The molecular weight excluding hydrogens is 356 g/mol. The molecule has 0 heterocycles. The number of hydrogen-bond acceptors (Lipinski definition) is 4. The molecule has 0 radical (unpaired) electrons. The minimum absolute atomic E-state index is 0.0451. The van der Waals surface area contributed by atoms with Gasteiger partial charge in [0.25, 0.3) is 5.91 Å². The Hall–Kier alpha value is -3.02. The van der Waals surface area contributed by atoms with E-state index in [1.54, 1.807) is 31.4 Å². The SMILES string of the molecule is COc1ccc(OCCNC(=O)[C@@H](NC(=O)c2cccc(C)c2)C(C)C)cc1. The molecule has 0 bridgehead atoms. The molecule has 0 saturated carbocycles. The van der Waals surface area contributed by atoms with Crippen LogP contribution in [0.1, 0.15) is 29.8 Å². The van der Waals surface area contributed by atoms with Gasteiger partial charge in [0.05, 0.1) is 13.7 Å². The lowest BCUT2D eigenvalue weighted by Crippen LogP contribution is -2.50. The number of hydrogen-bond donors (Lipinski definition) is 2. The molecule has 2 aromatic rings. The summed E-state index contributed by atoms with van der Waals surface area (Å²) in [5.74, 6) is 0.922. The molecule has 2 N–H and O–H groups in total. The molecule has 2 aromatic carbocycles. The lowest BCUT2D eigenvalue weighted by atomic mass is 10.0. The average molecular weight is 384 g/mol. The molecule has 1 atom stereocenters. The van der Waals surface area contributed by atoms with Crippen LogP contribution in [0, 0.1) is 12.8 Å². The van der Waals surface area contributed by atoms with Crippen molar-refractivity contribution in [3.8, 4) is 11.5 Å². The van der Waals surface area contributed by atoms with E-state index in [0.717, 1.165) is 11.3 Å². The van der Waals surface area contributed by atoms with Crippen molar-refractivity contribution in [1.29, 1.82) is 0 Å². The number of nitrogens with one attached hydrogen (secondary N) is 2. The van der Waals surface area contributed by atoms with E-state index in [-0.39, 0.29) is 17.7 Å². The highest BCUT2D eigenvalue weighted by molar-refractivity contribution is 5.97. The molecule has 0 saturated heterocycles. The first-order valence-electron chi connectivity index (χ1n) is 9.33. The number of benzene rings is 2. The number of carbonyl (C=O) groups excluding carboxylic acids is 2. The van der Waals surface area contributed by atoms with Crippen LogP contribution in [0.5, 0.6) is 11.5 Å². The van der Waals surface area contributed by atoms with Gasteiger partial charge in [-0.1, -0.05) is 31.5 Å². The van der Waals surface area contributed by atoms with Crippen LogP contribution in [0.4, 0.5) is 0 Å². The number of rotatable bonds is 9. The quantitative estimate of drug-likeness (QED) is 0.652. The predicted octanol–water partition coefficient (Wildman–Crippen LogP) is 2.95. The molecule has 0 aliphatic rings. The summed E-state index contributed by atoms with van der Waals surface area (Å²) in [6, 6.07) is 13.9. The van der Waals surface area contributed by atoms with Crippen molar-refractivity contribution >= 4 is 11.8 Å². The van der Waals surface area contributed by atoms with E-state index >= 15 is 0 Å². The van der Waals surface area contributed by atoms with Gasteiger partial charge in [-0.05, 0) is 49.2 Å². The normalized spacial score (nSPS) is 11.6. The fourth-order valence-electron chi connectivity index (χ4n) is 2.67. The summed E-state index contributed by atoms with van der Waals surface area (Å²) in [5.41, 5.74) is 1.54. The van der Waals surface area contributed by atoms with Gasteiger partial charge in [-0.3, -0.25) is 9.59 Å². The van der Waals surface area contributed by atoms with Crippen LogP contribution < -0.4 is 20.1 Å². The molecule has 6 nitrogen and oxygen atoms in total. The third-order valence-corrected chi connectivity index (χ3v) is 4.25. The van der Waals surface area contributed by atoms with Crippen molar-refractivity contribution in [2.75, 3.05) is 20.3 Å². The Kier molecular flexibility index (Phi) is 7.87. The first-order valence-corrected chi connectivity index (χ1v) is 9.33. The van der Waals surface area contributed by atoms with Gasteiger partial charge in [-0.15, -0.1) is 0 Å². The molecule has 28 heavy (non-hydrogen) atoms. The van der Waals surface area contributed by atoms with Gasteiger partial charge in [0.1, 0.15) is 24.1 Å². The number of aryl methyl sites for hydroxylation is 1. The van der Waals surface area contributed by atoms with Gasteiger partial charge < -0.3 is 20.1 Å². The van der Waals surface area contributed by atoms with E-state index in [2.05, 4.69) is 10.6 Å². The zero-order valence-electron chi connectivity index (χ0n) is 16.8. The fourth-order valence-corrected chi connectivity index (χ4v) is 2.67. The molecule has 2 amide bonds. The summed E-state index contributed by atoms with van der Waals surface area (Å²) in [6.07, 6.45) is 0. The van der Waals surface area contributed by atoms with Gasteiger partial charge in [0.2, 0.25) is 5.91 Å². The van der Waals surface area contributed by atoms with E-state index in [9.17, 15) is 9.59 Å². The third kappa shape index (κ3) is 6.30. The molecule has 6 heteroatoms. The predicted molar refractivity (Wildman–Crippen MR) is 109 cm³/mol. The van der Waals surface area contributed by atoms with E-state index in [0.29, 0.717) is 24.5 Å². The van der Waals surface area contributed by atoms with Gasteiger partial charge in [-0.2, -0.15) is 0 Å². The summed E-state index contributed by atoms with van der Waals surface area (Å²) < 4.78 is 10.7. The van der Waals surface area contributed by atoms with Crippen LogP contribution in [-0.4, -0.2) is 38.1 Å². The van der Waals surface area contributed by atoms with Gasteiger partial charge in [0, 0.05) is 5.56 Å². The summed E-state index contributed by atoms with van der Waals surface area (Å²) >= 11 is 0. The lowest BCUT2D eigenvalue weighted by Gasteiger charge is -2.22. The number of methoxy groups -OCH3 is 1. The van der Waals surface area contributed by atoms with E-state index in [4.69, 9.17) is 9.47 Å². The van der Waals surface area contributed by atoms with Crippen LogP contribution >= 0.6 is 0 Å². The van der Waals surface area contributed by atoms with Crippen molar-refractivity contribution in [3.63, 3.8) is 0 Å². The smallest absolute Gasteiger partial charge is 0.251 e. The first kappa shape index (κ1) is 21.3. The highest BCUT2D eigenvalue weighted by Crippen LogP contribution is 2.16. The second-order valence-corrected chi connectivity index (χ2v) is 6.88. The molecule has 150 valence electrons. The zero-order chi connectivity index (χ0) is 20.5. The second kappa shape index (κ2) is 10.3. The lowest BCUT2D eigenvalue weighted by molar-refractivity contribution is -0.124. The molecule has 0 aliphatic carbocycles. The van der Waals surface area contributed by atoms with E-state index in [1.165, 1.54) is 0 Å². The minimum Gasteiger partial charge on any atom is -0.497 e. The Morgan fingerprint density at radius 1 is 1.04 bits per heavy atom. The van der Waals surface area contributed by atoms with Gasteiger partial charge >= 0.3 is 0 Å². The van der Waals surface area contributed by atoms with Crippen LogP contribution in [0.2, 0.25) is 0 Å². The third-order valence-electron chi connectivity index (χ3n) is 4.25. The standard InChI is InChI=1S/C22H28N2O4/c1-15(2)20(24-21(25)17-7-5-6-16(3)14-17)22(26)23-12-13-28-19-10-8-18(27-4)9-11-19/h5-11,14-15,20H,12-13H2,1-4H3,(H,23,26)(H,24,25)/t20-/m0/s1. The van der Waals surface area contributed by atoms with E-state index < -0.39 is 6.04 Å². The van der Waals surface area contributed by atoms with E-state index in [1.807, 2.05) is 45.0 Å². The Bertz CT molecular complexity index is 787. The van der Waals surface area contributed by atoms with Crippen LogP contribution in [0.25, 0.3) is 0 Å². The van der Waals surface area contributed by atoms with Crippen molar-refractivity contribution in [3.05, 3.63) is 59.7 Å². The molecular formula is C22H28N2O4. The summed E-state index contributed by atoms with van der Waals surface area (Å²) in [6.45, 7) is 6.39. The van der Waals surface area contributed by atoms with Gasteiger partial charge in [0.15, 0.2) is 0 Å². The van der Waals surface area contributed by atoms with Crippen LogP contribution in [-0.2, 0) is 4.79 Å². The zero-order valence-corrected chi connectivity index (χ0v) is 16.8. The maximum absolute atomic E-state index is 12.5. The molecule has 2 rings (SSSR count). The Morgan fingerprint density at radius 2 is 1.71 bits per heavy atom. The summed E-state index contributed by atoms with van der Waals surface area (Å²) in [4.78, 5) is 25.0. The molecule has 0 unspecified atom stereocenters. The molecule has 0 aromatic heterocycles. The Labute approximate surface area is 166 Å². The second-order valence-electron chi connectivity index (χ2n) is 6.88. The summed E-state index contributed by atoms with van der Waals surface area (Å²) in [7, 11) is 1.61. The maximum Gasteiger partial charge on any atom is 0.251 e. The number of carbonyl (C=O) groups is 2. The highest BCUT2D eigenvalue weighted by Gasteiger charge is 2.24. The Balaban J connectivity index is 1.83. The molecule has 0 spiro atoms. The minimum atomic E-state index is -0.617. The van der Waals surface area contributed by atoms with Crippen molar-refractivity contribution < 1.29 is 19.1 Å². The largest absolute Gasteiger partial charge is 0.497 e. The number of ether oxygens (including phenoxy) is 2. The fraction of sp³-hybridized carbons (Fsp3) is 0.364. The van der Waals surface area contributed by atoms with Crippen molar-refractivity contribution in [2.24, 2.45) is 5.92 Å². The highest BCUT2D eigenvalue weighted by atomic mass is 16.5.